The van der Waals surface area contributed by atoms with E-state index in [0.29, 0.717) is 10.7 Å². The highest BCUT2D eigenvalue weighted by molar-refractivity contribution is 9.10. The monoisotopic (exact) mass is 426 g/mol. The normalized spacial score (nSPS) is 9.90. The van der Waals surface area contributed by atoms with Crippen LogP contribution in [-0.2, 0) is 0 Å². The van der Waals surface area contributed by atoms with Crippen molar-refractivity contribution in [1.29, 1.82) is 0 Å². The third-order valence-electron chi connectivity index (χ3n) is 2.22. The molecule has 0 aliphatic carbocycles. The molecule has 0 unspecified atom stereocenters. The molecule has 2 nitrogen and oxygen atoms in total. The second kappa shape index (κ2) is 7.24. The van der Waals surface area contributed by atoms with Crippen molar-refractivity contribution < 1.29 is 8.78 Å². The summed E-state index contributed by atoms with van der Waals surface area (Å²) in [6.45, 7) is 1.97. The summed E-state index contributed by atoms with van der Waals surface area (Å²) < 4.78 is 25.8. The maximum Gasteiger partial charge on any atom is 0.160 e. The molecule has 0 saturated heterocycles. The van der Waals surface area contributed by atoms with Crippen LogP contribution in [0.2, 0.25) is 5.02 Å². The van der Waals surface area contributed by atoms with Crippen LogP contribution in [0.3, 0.4) is 0 Å². The summed E-state index contributed by atoms with van der Waals surface area (Å²) in [5, 5.41) is 0.589. The molecule has 2 aromatic rings. The molecule has 0 aromatic heterocycles. The van der Waals surface area contributed by atoms with Crippen LogP contribution in [-0.4, -0.2) is 0 Å². The van der Waals surface area contributed by atoms with Gasteiger partial charge < -0.3 is 11.5 Å². The lowest BCUT2D eigenvalue weighted by molar-refractivity contribution is 0.598. The predicted octanol–water partition coefficient (Wildman–Crippen LogP) is 5.30. The van der Waals surface area contributed by atoms with Crippen LogP contribution in [0.25, 0.3) is 0 Å². The molecule has 0 bridgehead atoms. The van der Waals surface area contributed by atoms with Gasteiger partial charge in [-0.1, -0.05) is 11.6 Å². The highest BCUT2D eigenvalue weighted by Gasteiger charge is 2.04. The Morgan fingerprint density at radius 3 is 2.05 bits per heavy atom. The number of aryl methyl sites for hydroxylation is 1. The number of nitrogens with two attached hydrogens (primary N) is 2. The van der Waals surface area contributed by atoms with Crippen LogP contribution in [0.5, 0.6) is 0 Å². The lowest BCUT2D eigenvalue weighted by atomic mass is 10.2. The largest absolute Gasteiger partial charge is 0.397 e. The van der Waals surface area contributed by atoms with Crippen molar-refractivity contribution in [3.63, 3.8) is 0 Å². The molecule has 0 fully saturated rings. The minimum Gasteiger partial charge on any atom is -0.397 e. The average Bonchev–Trinajstić information content (AvgIpc) is 2.33. The number of hydrogen-bond donors (Lipinski definition) is 2. The van der Waals surface area contributed by atoms with Gasteiger partial charge in [-0.25, -0.2) is 8.78 Å². The molecule has 7 heteroatoms. The Morgan fingerprint density at radius 2 is 1.55 bits per heavy atom. The lowest BCUT2D eigenvalue weighted by Gasteiger charge is -2.01. The van der Waals surface area contributed by atoms with E-state index in [2.05, 4.69) is 31.9 Å². The summed E-state index contributed by atoms with van der Waals surface area (Å²) in [4.78, 5) is 0. The molecule has 0 amide bonds. The number of rotatable bonds is 0. The average molecular weight is 429 g/mol. The second-order valence-electron chi connectivity index (χ2n) is 3.94. The van der Waals surface area contributed by atoms with Gasteiger partial charge in [-0.15, -0.1) is 0 Å². The number of anilines is 2. The zero-order valence-electron chi connectivity index (χ0n) is 10.4. The fourth-order valence-electron chi connectivity index (χ4n) is 1.33. The Bertz CT molecular complexity index is 534. The standard InChI is InChI=1S/C7H7BrClN.C6H4BrF2N/c1-4-2-5(8)7(9)6(10)3-4;7-4-1-3(8)2-5(10)6(4)9/h2-3H,10H2,1H3;1-2H,10H2. The SMILES string of the molecule is Cc1cc(N)c(Cl)c(Br)c1.Nc1cc(F)cc(Br)c1F. The molecular formula is C13H11Br2ClF2N2. The van der Waals surface area contributed by atoms with Crippen molar-refractivity contribution in [3.05, 3.63) is 55.4 Å². The van der Waals surface area contributed by atoms with Gasteiger partial charge in [0.15, 0.2) is 5.82 Å². The van der Waals surface area contributed by atoms with Crippen molar-refractivity contribution in [3.8, 4) is 0 Å². The Labute approximate surface area is 137 Å². The number of benzene rings is 2. The summed E-state index contributed by atoms with van der Waals surface area (Å²) in [6, 6.07) is 5.72. The van der Waals surface area contributed by atoms with Crippen LogP contribution in [0.1, 0.15) is 5.56 Å². The molecule has 4 N–H and O–H groups in total. The van der Waals surface area contributed by atoms with Crippen LogP contribution in [0.4, 0.5) is 20.2 Å². The first kappa shape index (κ1) is 17.2. The maximum absolute atomic E-state index is 12.6. The highest BCUT2D eigenvalue weighted by atomic mass is 79.9. The first-order valence-electron chi connectivity index (χ1n) is 5.33. The topological polar surface area (TPSA) is 52.0 Å². The van der Waals surface area contributed by atoms with E-state index in [0.717, 1.165) is 22.2 Å². The first-order chi connectivity index (χ1) is 9.22. The van der Waals surface area contributed by atoms with Crippen molar-refractivity contribution in [2.75, 3.05) is 11.5 Å². The van der Waals surface area contributed by atoms with E-state index in [4.69, 9.17) is 23.1 Å². The molecule has 2 aromatic carbocycles. The van der Waals surface area contributed by atoms with E-state index < -0.39 is 11.6 Å². The van der Waals surface area contributed by atoms with Crippen LogP contribution in [0, 0.1) is 18.6 Å². The minimum absolute atomic E-state index is 0.0463. The van der Waals surface area contributed by atoms with Gasteiger partial charge in [0.25, 0.3) is 0 Å². The molecule has 0 saturated carbocycles. The summed E-state index contributed by atoms with van der Waals surface area (Å²) in [5.41, 5.74) is 12.2. The van der Waals surface area contributed by atoms with Crippen molar-refractivity contribution in [2.45, 2.75) is 6.92 Å². The zero-order chi connectivity index (χ0) is 15.4. The van der Waals surface area contributed by atoms with E-state index in [1.54, 1.807) is 0 Å². The molecule has 0 aliphatic heterocycles. The van der Waals surface area contributed by atoms with Gasteiger partial charge in [0, 0.05) is 4.47 Å². The van der Waals surface area contributed by atoms with E-state index in [1.807, 2.05) is 19.1 Å². The first-order valence-corrected chi connectivity index (χ1v) is 7.30. The van der Waals surface area contributed by atoms with Gasteiger partial charge in [0.2, 0.25) is 0 Å². The van der Waals surface area contributed by atoms with Crippen LogP contribution in [0.15, 0.2) is 33.2 Å². The molecular weight excluding hydrogens is 417 g/mol. The van der Waals surface area contributed by atoms with Crippen molar-refractivity contribution in [1.82, 2.24) is 0 Å². The van der Waals surface area contributed by atoms with E-state index >= 15 is 0 Å². The third-order valence-corrected chi connectivity index (χ3v) is 4.07. The Balaban J connectivity index is 0.000000200. The fourth-order valence-corrected chi connectivity index (χ4v) is 2.47. The molecule has 2 rings (SSSR count). The Kier molecular flexibility index (Phi) is 6.23. The number of nitrogen functional groups attached to an aromatic ring is 2. The second-order valence-corrected chi connectivity index (χ2v) is 6.03. The van der Waals surface area contributed by atoms with Gasteiger partial charge >= 0.3 is 0 Å². The molecule has 0 aliphatic rings. The van der Waals surface area contributed by atoms with E-state index in [9.17, 15) is 8.78 Å². The quantitative estimate of drug-likeness (QED) is 0.442. The molecule has 0 atom stereocenters. The zero-order valence-corrected chi connectivity index (χ0v) is 14.3. The van der Waals surface area contributed by atoms with Crippen molar-refractivity contribution >= 4 is 54.8 Å². The molecule has 0 radical (unpaired) electrons. The highest BCUT2D eigenvalue weighted by Crippen LogP contribution is 2.29. The molecule has 0 heterocycles. The van der Waals surface area contributed by atoms with Gasteiger partial charge in [0.05, 0.1) is 20.9 Å². The smallest absolute Gasteiger partial charge is 0.160 e. The van der Waals surface area contributed by atoms with E-state index in [-0.39, 0.29) is 10.2 Å². The Hall–Kier alpha value is -0.850. The predicted molar refractivity (Wildman–Crippen MR) is 86.8 cm³/mol. The summed E-state index contributed by atoms with van der Waals surface area (Å²) in [6.07, 6.45) is 0. The number of halogens is 5. The van der Waals surface area contributed by atoms with Crippen LogP contribution >= 0.6 is 43.5 Å². The lowest BCUT2D eigenvalue weighted by Crippen LogP contribution is -1.92. The Morgan fingerprint density at radius 1 is 0.950 bits per heavy atom. The van der Waals surface area contributed by atoms with Crippen LogP contribution < -0.4 is 11.5 Å². The summed E-state index contributed by atoms with van der Waals surface area (Å²) in [7, 11) is 0. The maximum atomic E-state index is 12.6. The van der Waals surface area contributed by atoms with Crippen molar-refractivity contribution in [2.24, 2.45) is 0 Å². The summed E-state index contributed by atoms with van der Waals surface area (Å²) >= 11 is 11.9. The summed E-state index contributed by atoms with van der Waals surface area (Å²) in [5.74, 6) is -1.17. The van der Waals surface area contributed by atoms with Gasteiger partial charge in [0.1, 0.15) is 5.82 Å². The van der Waals surface area contributed by atoms with E-state index in [1.165, 1.54) is 0 Å². The fraction of sp³-hybridized carbons (Fsp3) is 0.0769. The molecule has 20 heavy (non-hydrogen) atoms. The number of hydrogen-bond acceptors (Lipinski definition) is 2. The van der Waals surface area contributed by atoms with Gasteiger partial charge in [-0.2, -0.15) is 0 Å². The molecule has 108 valence electrons. The van der Waals surface area contributed by atoms with Gasteiger partial charge in [-0.3, -0.25) is 0 Å². The third kappa shape index (κ3) is 4.61. The van der Waals surface area contributed by atoms with Gasteiger partial charge in [-0.05, 0) is 68.6 Å². The molecule has 0 spiro atoms. The minimum atomic E-state index is -0.624.